The van der Waals surface area contributed by atoms with Crippen LogP contribution in [0.15, 0.2) is 53.2 Å². The van der Waals surface area contributed by atoms with Crippen LogP contribution in [0.5, 0.6) is 0 Å². The minimum Gasteiger partial charge on any atom is -0.444 e. The molecule has 3 N–H and O–H groups in total. The molecule has 0 bridgehead atoms. The second-order valence-electron chi connectivity index (χ2n) is 13.0. The van der Waals surface area contributed by atoms with Crippen molar-refractivity contribution < 1.29 is 27.9 Å². The summed E-state index contributed by atoms with van der Waals surface area (Å²) in [6.45, 7) is 11.8. The number of aliphatic hydroxyl groups is 1. The Bertz CT molecular complexity index is 1340. The molecule has 9 heteroatoms. The van der Waals surface area contributed by atoms with E-state index in [1.807, 2.05) is 6.07 Å². The number of rotatable bonds is 8. The third-order valence-electron chi connectivity index (χ3n) is 7.48. The second kappa shape index (κ2) is 11.9. The molecule has 2 aromatic carbocycles. The number of benzene rings is 2. The van der Waals surface area contributed by atoms with Crippen molar-refractivity contribution in [1.29, 1.82) is 0 Å². The number of nitrogens with zero attached hydrogens (tertiary/aromatic N) is 1. The van der Waals surface area contributed by atoms with Crippen molar-refractivity contribution in [1.82, 2.24) is 15.8 Å². The minimum atomic E-state index is -1.11. The van der Waals surface area contributed by atoms with Crippen LogP contribution in [0.4, 0.5) is 13.6 Å². The van der Waals surface area contributed by atoms with Crippen LogP contribution in [0.1, 0.15) is 76.0 Å². The maximum Gasteiger partial charge on any atom is 0.407 e. The Labute approximate surface area is 240 Å². The van der Waals surface area contributed by atoms with Crippen molar-refractivity contribution in [2.24, 2.45) is 0 Å². The third kappa shape index (κ3) is 7.92. The smallest absolute Gasteiger partial charge is 0.407 e. The van der Waals surface area contributed by atoms with Gasteiger partial charge in [0.2, 0.25) is 0 Å². The summed E-state index contributed by atoms with van der Waals surface area (Å²) in [5.74, 6) is -0.603. The van der Waals surface area contributed by atoms with Crippen molar-refractivity contribution in [2.75, 3.05) is 6.54 Å². The van der Waals surface area contributed by atoms with Crippen molar-refractivity contribution >= 4 is 6.09 Å². The van der Waals surface area contributed by atoms with Crippen LogP contribution in [0.2, 0.25) is 0 Å². The molecule has 4 rings (SSSR count). The van der Waals surface area contributed by atoms with E-state index in [-0.39, 0.29) is 18.4 Å². The summed E-state index contributed by atoms with van der Waals surface area (Å²) < 4.78 is 38.8. The van der Waals surface area contributed by atoms with E-state index in [9.17, 15) is 18.7 Å². The number of carbonyl (C=O) groups is 1. The van der Waals surface area contributed by atoms with Crippen LogP contribution in [-0.2, 0) is 35.0 Å². The molecular weight excluding hydrogens is 528 g/mol. The molecule has 3 atom stereocenters. The first-order valence-electron chi connectivity index (χ1n) is 14.0. The Morgan fingerprint density at radius 3 is 2.49 bits per heavy atom. The van der Waals surface area contributed by atoms with Gasteiger partial charge in [-0.1, -0.05) is 50.2 Å². The van der Waals surface area contributed by atoms with E-state index in [4.69, 9.17) is 9.26 Å². The van der Waals surface area contributed by atoms with Crippen LogP contribution in [0.3, 0.4) is 0 Å². The lowest BCUT2D eigenvalue weighted by Gasteiger charge is -2.40. The molecule has 0 aliphatic heterocycles. The first kappa shape index (κ1) is 30.7. The molecule has 1 heterocycles. The molecule has 1 aliphatic carbocycles. The van der Waals surface area contributed by atoms with Crippen molar-refractivity contribution in [3.8, 4) is 0 Å². The van der Waals surface area contributed by atoms with Gasteiger partial charge in [-0.3, -0.25) is 0 Å². The van der Waals surface area contributed by atoms with Gasteiger partial charge in [0.25, 0.3) is 0 Å². The summed E-state index contributed by atoms with van der Waals surface area (Å²) in [4.78, 5) is 12.7. The fourth-order valence-corrected chi connectivity index (χ4v) is 5.32. The van der Waals surface area contributed by atoms with E-state index in [0.717, 1.165) is 23.0 Å². The van der Waals surface area contributed by atoms with E-state index in [2.05, 4.69) is 54.8 Å². The van der Waals surface area contributed by atoms with E-state index in [1.54, 1.807) is 27.0 Å². The molecule has 3 aromatic rings. The second-order valence-corrected chi connectivity index (χ2v) is 13.0. The monoisotopic (exact) mass is 569 g/mol. The van der Waals surface area contributed by atoms with Gasteiger partial charge in [0.1, 0.15) is 23.0 Å². The summed E-state index contributed by atoms with van der Waals surface area (Å²) in [6.07, 6.45) is 1.87. The Balaban J connectivity index is 1.61. The van der Waals surface area contributed by atoms with Crippen LogP contribution < -0.4 is 10.6 Å². The maximum absolute atomic E-state index is 14.0. The highest BCUT2D eigenvalue weighted by molar-refractivity contribution is 5.68. The van der Waals surface area contributed by atoms with Gasteiger partial charge in [0.05, 0.1) is 18.3 Å². The lowest BCUT2D eigenvalue weighted by Crippen LogP contribution is -2.54. The number of carbonyl (C=O) groups excluding carboxylic acids is 1. The normalized spacial score (nSPS) is 18.9. The summed E-state index contributed by atoms with van der Waals surface area (Å²) in [5.41, 5.74) is 2.21. The van der Waals surface area contributed by atoms with Gasteiger partial charge >= 0.3 is 6.09 Å². The number of aromatic nitrogens is 1. The number of halogens is 2. The lowest BCUT2D eigenvalue weighted by molar-refractivity contribution is 0.0410. The van der Waals surface area contributed by atoms with Gasteiger partial charge in [0.15, 0.2) is 0 Å². The molecule has 1 aliphatic rings. The van der Waals surface area contributed by atoms with Crippen molar-refractivity contribution in [3.05, 3.63) is 88.3 Å². The van der Waals surface area contributed by atoms with Crippen LogP contribution >= 0.6 is 0 Å². The molecule has 7 nitrogen and oxygen atoms in total. The van der Waals surface area contributed by atoms with Crippen molar-refractivity contribution in [3.63, 3.8) is 0 Å². The maximum atomic E-state index is 14.0. The van der Waals surface area contributed by atoms with Crippen LogP contribution in [-0.4, -0.2) is 40.6 Å². The highest BCUT2D eigenvalue weighted by Crippen LogP contribution is 2.38. The number of amides is 1. The largest absolute Gasteiger partial charge is 0.444 e. The van der Waals surface area contributed by atoms with E-state index < -0.39 is 41.0 Å². The zero-order valence-corrected chi connectivity index (χ0v) is 24.7. The Morgan fingerprint density at radius 2 is 1.83 bits per heavy atom. The van der Waals surface area contributed by atoms with E-state index in [0.29, 0.717) is 24.8 Å². The van der Waals surface area contributed by atoms with Gasteiger partial charge in [-0.2, -0.15) is 0 Å². The lowest BCUT2D eigenvalue weighted by atomic mass is 9.74. The van der Waals surface area contributed by atoms with Gasteiger partial charge in [-0.25, -0.2) is 13.6 Å². The minimum absolute atomic E-state index is 0.000915. The molecule has 0 saturated carbocycles. The van der Waals surface area contributed by atoms with Gasteiger partial charge in [0, 0.05) is 30.1 Å². The number of alkyl carbamates (subject to hydrolysis) is 1. The molecule has 0 spiro atoms. The predicted molar refractivity (Wildman–Crippen MR) is 153 cm³/mol. The molecule has 1 aromatic heterocycles. The first-order valence-corrected chi connectivity index (χ1v) is 14.0. The number of ether oxygens (including phenoxy) is 1. The molecule has 3 unspecified atom stereocenters. The standard InChI is InChI=1S/C32H41F2N3O4/c1-30(2,3)22-8-7-9-23(15-22)32(11-10-28-21(17-32)18-36-41-28)35-19-27(38)26(37-29(39)40-31(4,5)6)14-20-12-24(33)16-25(34)13-20/h7-9,12-13,15-16,18,26-27,35,38H,10-11,14,17,19H2,1-6H3,(H,37,39). The number of aliphatic hydroxyl groups excluding tert-OH is 1. The van der Waals surface area contributed by atoms with E-state index >= 15 is 0 Å². The quantitative estimate of drug-likeness (QED) is 0.321. The van der Waals surface area contributed by atoms with Gasteiger partial charge in [-0.05, 0) is 74.3 Å². The topological polar surface area (TPSA) is 96.6 Å². The summed E-state index contributed by atoms with van der Waals surface area (Å²) in [6, 6.07) is 10.7. The number of nitrogens with one attached hydrogen (secondary N) is 2. The number of aryl methyl sites for hydroxylation is 1. The predicted octanol–water partition coefficient (Wildman–Crippen LogP) is 5.72. The fraction of sp³-hybridized carbons (Fsp3) is 0.500. The highest BCUT2D eigenvalue weighted by atomic mass is 19.1. The Hall–Kier alpha value is -3.30. The summed E-state index contributed by atoms with van der Waals surface area (Å²) in [7, 11) is 0. The third-order valence-corrected chi connectivity index (χ3v) is 7.48. The Kier molecular flexibility index (Phi) is 8.90. The Morgan fingerprint density at radius 1 is 1.12 bits per heavy atom. The highest BCUT2D eigenvalue weighted by Gasteiger charge is 2.39. The number of fused-ring (bicyclic) bond motifs is 1. The molecule has 1 amide bonds. The van der Waals surface area contributed by atoms with Crippen LogP contribution in [0.25, 0.3) is 0 Å². The molecule has 0 radical (unpaired) electrons. The van der Waals surface area contributed by atoms with Gasteiger partial charge in [-0.15, -0.1) is 0 Å². The fourth-order valence-electron chi connectivity index (χ4n) is 5.32. The molecular formula is C32H41F2N3O4. The number of hydrogen-bond donors (Lipinski definition) is 3. The molecule has 0 saturated heterocycles. The summed E-state index contributed by atoms with van der Waals surface area (Å²) >= 11 is 0. The average molecular weight is 570 g/mol. The SMILES string of the molecule is CC(C)(C)OC(=O)NC(Cc1cc(F)cc(F)c1)C(O)CNC1(c2cccc(C(C)(C)C)c2)CCc2oncc2C1. The zero-order valence-electron chi connectivity index (χ0n) is 24.7. The van der Waals surface area contributed by atoms with Crippen LogP contribution in [0, 0.1) is 11.6 Å². The number of hydrogen-bond acceptors (Lipinski definition) is 6. The van der Waals surface area contributed by atoms with Crippen molar-refractivity contribution in [2.45, 2.75) is 95.9 Å². The summed E-state index contributed by atoms with van der Waals surface area (Å²) in [5, 5.41) is 21.8. The zero-order chi connectivity index (χ0) is 30.0. The van der Waals surface area contributed by atoms with E-state index in [1.165, 1.54) is 17.7 Å². The average Bonchev–Trinajstić information content (AvgIpc) is 3.32. The molecule has 0 fully saturated rings. The molecule has 41 heavy (non-hydrogen) atoms. The first-order chi connectivity index (χ1) is 19.1. The molecule has 222 valence electrons. The van der Waals surface area contributed by atoms with Gasteiger partial charge < -0.3 is 25.0 Å².